The van der Waals surface area contributed by atoms with Crippen molar-refractivity contribution in [2.24, 2.45) is 4.99 Å². The number of fused-ring (bicyclic) bond motifs is 2. The molecule has 162 valence electrons. The second kappa shape index (κ2) is 8.35. The third-order valence-electron chi connectivity index (χ3n) is 5.67. The van der Waals surface area contributed by atoms with Gasteiger partial charge < -0.3 is 20.7 Å². The zero-order chi connectivity index (χ0) is 21.4. The average molecular weight is 445 g/mol. The molecule has 5 rings (SSSR count). The Morgan fingerprint density at radius 2 is 1.94 bits per heavy atom. The summed E-state index contributed by atoms with van der Waals surface area (Å²) in [5.74, 6) is -1.47. The maximum Gasteiger partial charge on any atom is 0.275 e. The number of amides is 1. The Morgan fingerprint density at radius 3 is 2.68 bits per heavy atom. The Hall–Kier alpha value is -2.85. The fourth-order valence-corrected chi connectivity index (χ4v) is 5.10. The molecule has 2 atom stereocenters. The largest absolute Gasteiger partial charge is 0.474 e. The minimum Gasteiger partial charge on any atom is -0.474 e. The molecule has 1 aromatic heterocycles. The highest BCUT2D eigenvalue weighted by molar-refractivity contribution is 7.13. The number of rotatable bonds is 5. The van der Waals surface area contributed by atoms with Crippen LogP contribution in [0.1, 0.15) is 36.2 Å². The van der Waals surface area contributed by atoms with E-state index in [0.29, 0.717) is 30.3 Å². The zero-order valence-electron chi connectivity index (χ0n) is 16.5. The van der Waals surface area contributed by atoms with E-state index >= 15 is 0 Å². The van der Waals surface area contributed by atoms with Crippen LogP contribution in [0.3, 0.4) is 0 Å². The molecule has 10 heteroatoms. The first-order valence-electron chi connectivity index (χ1n) is 10.2. The lowest BCUT2D eigenvalue weighted by atomic mass is 10.0. The van der Waals surface area contributed by atoms with Crippen LogP contribution in [-0.2, 0) is 4.74 Å². The van der Waals surface area contributed by atoms with E-state index in [-0.39, 0.29) is 22.4 Å². The Labute approximate surface area is 181 Å². The van der Waals surface area contributed by atoms with Crippen LogP contribution in [0.4, 0.5) is 8.78 Å². The van der Waals surface area contributed by atoms with Crippen LogP contribution in [0.5, 0.6) is 0 Å². The lowest BCUT2D eigenvalue weighted by Gasteiger charge is -2.31. The Kier molecular flexibility index (Phi) is 5.41. The van der Waals surface area contributed by atoms with Gasteiger partial charge in [0.05, 0.1) is 11.8 Å². The number of aromatic nitrogens is 1. The van der Waals surface area contributed by atoms with Crippen LogP contribution in [0, 0.1) is 11.6 Å². The highest BCUT2D eigenvalue weighted by Crippen LogP contribution is 2.30. The second-order valence-electron chi connectivity index (χ2n) is 7.83. The maximum absolute atomic E-state index is 14.0. The predicted octanol–water partition coefficient (Wildman–Crippen LogP) is 2.92. The van der Waals surface area contributed by atoms with Gasteiger partial charge in [0.15, 0.2) is 0 Å². The Bertz CT molecular complexity index is 1040. The fraction of sp³-hybridized carbons (Fsp3) is 0.381. The van der Waals surface area contributed by atoms with Gasteiger partial charge >= 0.3 is 0 Å². The van der Waals surface area contributed by atoms with Crippen molar-refractivity contribution in [2.75, 3.05) is 6.67 Å². The summed E-state index contributed by atoms with van der Waals surface area (Å²) in [6.07, 6.45) is 5.78. The first kappa shape index (κ1) is 20.1. The molecule has 2 saturated heterocycles. The lowest BCUT2D eigenvalue weighted by molar-refractivity contribution is 0.0573. The van der Waals surface area contributed by atoms with Crippen molar-refractivity contribution >= 4 is 23.5 Å². The molecule has 2 unspecified atom stereocenters. The number of hydrogen-bond donors (Lipinski definition) is 3. The molecule has 2 bridgehead atoms. The summed E-state index contributed by atoms with van der Waals surface area (Å²) in [5, 5.41) is 11.0. The normalized spacial score (nSPS) is 24.8. The van der Waals surface area contributed by atoms with Crippen molar-refractivity contribution in [2.45, 2.75) is 43.9 Å². The number of allylic oxidation sites excluding steroid dienone is 1. The maximum atomic E-state index is 14.0. The van der Waals surface area contributed by atoms with Crippen LogP contribution < -0.4 is 16.0 Å². The molecule has 1 amide bonds. The van der Waals surface area contributed by atoms with Crippen molar-refractivity contribution < 1.29 is 18.3 Å². The highest BCUT2D eigenvalue weighted by atomic mass is 32.1. The summed E-state index contributed by atoms with van der Waals surface area (Å²) in [6, 6.07) is 4.56. The summed E-state index contributed by atoms with van der Waals surface area (Å²) >= 11 is 1.00. The molecule has 2 fully saturated rings. The third-order valence-corrected chi connectivity index (χ3v) is 6.53. The number of nitrogens with one attached hydrogen (secondary N) is 3. The average Bonchev–Trinajstić information content (AvgIpc) is 3.36. The minimum absolute atomic E-state index is 0.0633. The van der Waals surface area contributed by atoms with E-state index in [2.05, 4.69) is 25.9 Å². The van der Waals surface area contributed by atoms with E-state index in [1.54, 1.807) is 6.21 Å². The van der Waals surface area contributed by atoms with Gasteiger partial charge in [0, 0.05) is 17.5 Å². The number of hydrogen-bond acceptors (Lipinski definition) is 7. The van der Waals surface area contributed by atoms with E-state index in [1.165, 1.54) is 11.4 Å². The smallest absolute Gasteiger partial charge is 0.275 e. The molecular weight excluding hydrogens is 424 g/mol. The summed E-state index contributed by atoms with van der Waals surface area (Å²) in [4.78, 5) is 21.0. The highest BCUT2D eigenvalue weighted by Gasteiger charge is 2.35. The molecule has 0 radical (unpaired) electrons. The quantitative estimate of drug-likeness (QED) is 0.659. The molecule has 2 aromatic rings. The van der Waals surface area contributed by atoms with Gasteiger partial charge in [0.2, 0.25) is 5.88 Å². The molecule has 0 saturated carbocycles. The minimum atomic E-state index is -0.723. The molecule has 0 spiro atoms. The first-order chi connectivity index (χ1) is 15.1. The van der Waals surface area contributed by atoms with E-state index in [9.17, 15) is 13.6 Å². The number of carbonyl (C=O) groups excluding carboxylic acids is 1. The molecule has 3 aliphatic heterocycles. The van der Waals surface area contributed by atoms with Crippen LogP contribution in [-0.4, -0.2) is 42.0 Å². The van der Waals surface area contributed by atoms with Crippen molar-refractivity contribution in [1.82, 2.24) is 20.9 Å². The molecular formula is C21H21F2N5O2S. The van der Waals surface area contributed by atoms with Gasteiger partial charge in [0.1, 0.15) is 40.8 Å². The SMILES string of the molecule is O=C(NC1=C(OC2CC3CCC(C2)N3)NCN=C1)c1csc(-c2c(F)cccc2F)n1. The number of carbonyl (C=O) groups is 1. The molecule has 31 heavy (non-hydrogen) atoms. The van der Waals surface area contributed by atoms with Crippen LogP contribution in [0.15, 0.2) is 40.2 Å². The number of nitrogens with zero attached hydrogens (tertiary/aromatic N) is 2. The topological polar surface area (TPSA) is 87.6 Å². The van der Waals surface area contributed by atoms with Crippen molar-refractivity contribution in [1.29, 1.82) is 0 Å². The monoisotopic (exact) mass is 445 g/mol. The van der Waals surface area contributed by atoms with Crippen LogP contribution in [0.25, 0.3) is 10.6 Å². The van der Waals surface area contributed by atoms with Gasteiger partial charge in [-0.3, -0.25) is 9.79 Å². The summed E-state index contributed by atoms with van der Waals surface area (Å²) in [7, 11) is 0. The van der Waals surface area contributed by atoms with E-state index in [4.69, 9.17) is 4.74 Å². The summed E-state index contributed by atoms with van der Waals surface area (Å²) in [6.45, 7) is 0.361. The predicted molar refractivity (Wildman–Crippen MR) is 113 cm³/mol. The van der Waals surface area contributed by atoms with E-state index in [1.807, 2.05) is 0 Å². The number of thiazole rings is 1. The van der Waals surface area contributed by atoms with Crippen LogP contribution in [0.2, 0.25) is 0 Å². The Morgan fingerprint density at radius 1 is 1.19 bits per heavy atom. The van der Waals surface area contributed by atoms with Crippen molar-refractivity contribution in [3.63, 3.8) is 0 Å². The molecule has 4 heterocycles. The number of halogens is 2. The van der Waals surface area contributed by atoms with E-state index < -0.39 is 17.5 Å². The Balaban J connectivity index is 1.32. The van der Waals surface area contributed by atoms with Crippen LogP contribution >= 0.6 is 11.3 Å². The van der Waals surface area contributed by atoms with Gasteiger partial charge in [0.25, 0.3) is 5.91 Å². The lowest BCUT2D eigenvalue weighted by Crippen LogP contribution is -2.43. The second-order valence-corrected chi connectivity index (χ2v) is 8.69. The molecule has 3 aliphatic rings. The number of ether oxygens (including phenoxy) is 1. The fourth-order valence-electron chi connectivity index (χ4n) is 4.25. The summed E-state index contributed by atoms with van der Waals surface area (Å²) < 4.78 is 34.2. The number of aliphatic imine (C=N–C) groups is 1. The van der Waals surface area contributed by atoms with Gasteiger partial charge in [-0.05, 0) is 37.8 Å². The number of piperidine rings is 1. The standard InChI is InChI=1S/C21H21F2N5O2S/c22-14-2-1-3-15(23)18(14)21-28-17(9-31-21)19(29)27-16-8-24-10-25-20(16)30-13-6-11-4-5-12(7-13)26-11/h1-3,8-9,11-13,25-26H,4-7,10H2,(H,27,29). The first-order valence-corrected chi connectivity index (χ1v) is 11.1. The molecule has 1 aromatic carbocycles. The van der Waals surface area contributed by atoms with Gasteiger partial charge in [-0.2, -0.15) is 0 Å². The number of benzene rings is 1. The molecule has 7 nitrogen and oxygen atoms in total. The van der Waals surface area contributed by atoms with Gasteiger partial charge in [-0.1, -0.05) is 6.07 Å². The molecule has 3 N–H and O–H groups in total. The van der Waals surface area contributed by atoms with Gasteiger partial charge in [-0.15, -0.1) is 11.3 Å². The van der Waals surface area contributed by atoms with E-state index in [0.717, 1.165) is 49.2 Å². The summed E-state index contributed by atoms with van der Waals surface area (Å²) in [5.41, 5.74) is 0.235. The molecule has 0 aliphatic carbocycles. The van der Waals surface area contributed by atoms with Gasteiger partial charge in [-0.25, -0.2) is 13.8 Å². The van der Waals surface area contributed by atoms with Crippen molar-refractivity contribution in [3.8, 4) is 10.6 Å². The third kappa shape index (κ3) is 4.17. The zero-order valence-corrected chi connectivity index (χ0v) is 17.3. The van der Waals surface area contributed by atoms with Crippen molar-refractivity contribution in [3.05, 3.63) is 52.5 Å².